The Morgan fingerprint density at radius 1 is 0.970 bits per heavy atom. The van der Waals surface area contributed by atoms with Crippen molar-refractivity contribution < 1.29 is 4.79 Å². The fraction of sp³-hybridized carbons (Fsp3) is 0.385. The number of piperazine rings is 1. The van der Waals surface area contributed by atoms with Crippen LogP contribution in [0.15, 0.2) is 54.7 Å². The van der Waals surface area contributed by atoms with Gasteiger partial charge in [0.15, 0.2) is 0 Å². The van der Waals surface area contributed by atoms with Crippen molar-refractivity contribution in [2.45, 2.75) is 12.8 Å². The molecule has 7 heteroatoms. The summed E-state index contributed by atoms with van der Waals surface area (Å²) in [5.74, 6) is 1.86. The molecule has 0 aliphatic carbocycles. The molecule has 170 valence electrons. The van der Waals surface area contributed by atoms with Gasteiger partial charge in [-0.15, -0.1) is 22.7 Å². The second-order valence-corrected chi connectivity index (χ2v) is 11.3. The lowest BCUT2D eigenvalue weighted by molar-refractivity contribution is 0.0642. The van der Waals surface area contributed by atoms with Crippen LogP contribution in [0.4, 0.5) is 5.82 Å². The van der Waals surface area contributed by atoms with Crippen molar-refractivity contribution in [2.75, 3.05) is 50.7 Å². The van der Waals surface area contributed by atoms with Crippen molar-refractivity contribution in [2.24, 2.45) is 5.92 Å². The van der Waals surface area contributed by atoms with Crippen LogP contribution in [0.2, 0.25) is 0 Å². The highest BCUT2D eigenvalue weighted by molar-refractivity contribution is 7.33. The third-order valence-corrected chi connectivity index (χ3v) is 9.33. The average molecular weight is 477 g/mol. The molecule has 2 aliphatic heterocycles. The lowest BCUT2D eigenvalue weighted by Crippen LogP contribution is -2.50. The summed E-state index contributed by atoms with van der Waals surface area (Å²) >= 11 is 3.46. The highest BCUT2D eigenvalue weighted by atomic mass is 32.1. The van der Waals surface area contributed by atoms with E-state index in [2.05, 4.69) is 62.1 Å². The quantitative estimate of drug-likeness (QED) is 0.407. The molecule has 1 unspecified atom stereocenters. The van der Waals surface area contributed by atoms with Crippen molar-refractivity contribution in [1.82, 2.24) is 14.8 Å². The predicted molar refractivity (Wildman–Crippen MR) is 139 cm³/mol. The van der Waals surface area contributed by atoms with Crippen molar-refractivity contribution in [3.05, 3.63) is 59.6 Å². The summed E-state index contributed by atoms with van der Waals surface area (Å²) in [5.41, 5.74) is 0. The van der Waals surface area contributed by atoms with E-state index in [1.807, 2.05) is 12.3 Å². The zero-order chi connectivity index (χ0) is 22.2. The molecule has 0 N–H and O–H groups in total. The molecular formula is C26H28N4OS2. The molecular weight excluding hydrogens is 448 g/mol. The van der Waals surface area contributed by atoms with Gasteiger partial charge in [-0.2, -0.15) is 0 Å². The molecule has 33 heavy (non-hydrogen) atoms. The van der Waals surface area contributed by atoms with Gasteiger partial charge in [0.25, 0.3) is 5.91 Å². The molecule has 0 saturated carbocycles. The Hall–Kier alpha value is -2.48. The summed E-state index contributed by atoms with van der Waals surface area (Å²) in [6.45, 7) is 7.02. The van der Waals surface area contributed by atoms with Gasteiger partial charge < -0.3 is 9.80 Å². The SMILES string of the molecule is O=C(c1cc2sc3ccccc3c2s1)N1CCCC(CN2CCN(c3ccccn3)CC2)C1. The summed E-state index contributed by atoms with van der Waals surface area (Å²) in [6, 6.07) is 16.7. The van der Waals surface area contributed by atoms with Crippen LogP contribution in [0.25, 0.3) is 19.5 Å². The van der Waals surface area contributed by atoms with Gasteiger partial charge in [-0.05, 0) is 43.0 Å². The van der Waals surface area contributed by atoms with Crippen molar-refractivity contribution in [3.63, 3.8) is 0 Å². The number of thiophene rings is 2. The molecule has 2 aliphatic rings. The number of likely N-dealkylation sites (tertiary alicyclic amines) is 1. The van der Waals surface area contributed by atoms with Gasteiger partial charge >= 0.3 is 0 Å². The van der Waals surface area contributed by atoms with Crippen LogP contribution < -0.4 is 4.90 Å². The summed E-state index contributed by atoms with van der Waals surface area (Å²) in [4.78, 5) is 25.8. The Morgan fingerprint density at radius 2 is 1.82 bits per heavy atom. The minimum atomic E-state index is 0.220. The molecule has 0 radical (unpaired) electrons. The fourth-order valence-electron chi connectivity index (χ4n) is 5.22. The molecule has 2 saturated heterocycles. The lowest BCUT2D eigenvalue weighted by atomic mass is 9.97. The summed E-state index contributed by atoms with van der Waals surface area (Å²) in [6.07, 6.45) is 4.19. The van der Waals surface area contributed by atoms with E-state index in [0.717, 1.165) is 62.9 Å². The highest BCUT2D eigenvalue weighted by Gasteiger charge is 2.28. The van der Waals surface area contributed by atoms with Crippen molar-refractivity contribution in [3.8, 4) is 0 Å². The smallest absolute Gasteiger partial charge is 0.264 e. The molecule has 5 nitrogen and oxygen atoms in total. The average Bonchev–Trinajstić information content (AvgIpc) is 3.43. The van der Waals surface area contributed by atoms with Crippen LogP contribution >= 0.6 is 22.7 Å². The van der Waals surface area contributed by atoms with Crippen LogP contribution in [-0.2, 0) is 0 Å². The van der Waals surface area contributed by atoms with Crippen LogP contribution in [-0.4, -0.2) is 66.5 Å². The van der Waals surface area contributed by atoms with Crippen LogP contribution in [0.3, 0.4) is 0 Å². The normalized spacial score (nSPS) is 20.1. The first-order chi connectivity index (χ1) is 16.2. The zero-order valence-corrected chi connectivity index (χ0v) is 20.3. The lowest BCUT2D eigenvalue weighted by Gasteiger charge is -2.39. The van der Waals surface area contributed by atoms with E-state index in [4.69, 9.17) is 0 Å². The summed E-state index contributed by atoms with van der Waals surface area (Å²) < 4.78 is 3.81. The number of benzene rings is 1. The number of rotatable bonds is 4. The van der Waals surface area contributed by atoms with E-state index in [1.54, 1.807) is 22.7 Å². The summed E-state index contributed by atoms with van der Waals surface area (Å²) in [7, 11) is 0. The van der Waals surface area contributed by atoms with Gasteiger partial charge in [0, 0.05) is 66.8 Å². The minimum Gasteiger partial charge on any atom is -0.354 e. The number of aromatic nitrogens is 1. The number of amides is 1. The first kappa shape index (κ1) is 21.1. The standard InChI is InChI=1S/C26H28N4OS2/c31-26(23-16-22-25(33-23)20-7-1-2-8-21(20)32-22)30-11-5-6-19(18-30)17-28-12-14-29(15-13-28)24-9-3-4-10-27-24/h1-4,7-10,16,19H,5-6,11-15,17-18H2. The first-order valence-electron chi connectivity index (χ1n) is 11.8. The number of fused-ring (bicyclic) bond motifs is 3. The second kappa shape index (κ2) is 9.05. The molecule has 0 spiro atoms. The largest absolute Gasteiger partial charge is 0.354 e. The third-order valence-electron chi connectivity index (χ3n) is 6.93. The third kappa shape index (κ3) is 4.25. The molecule has 4 aromatic rings. The number of carbonyl (C=O) groups is 1. The molecule has 3 aromatic heterocycles. The van der Waals surface area contributed by atoms with Crippen molar-refractivity contribution >= 4 is 53.9 Å². The first-order valence-corrected chi connectivity index (χ1v) is 13.5. The van der Waals surface area contributed by atoms with Gasteiger partial charge in [0.1, 0.15) is 5.82 Å². The van der Waals surface area contributed by atoms with E-state index in [9.17, 15) is 4.79 Å². The second-order valence-electron chi connectivity index (χ2n) is 9.14. The van der Waals surface area contributed by atoms with Crippen LogP contribution in [0.1, 0.15) is 22.5 Å². The van der Waals surface area contributed by atoms with Crippen LogP contribution in [0, 0.1) is 5.92 Å². The van der Waals surface area contributed by atoms with E-state index in [-0.39, 0.29) is 5.91 Å². The number of carbonyl (C=O) groups excluding carboxylic acids is 1. The van der Waals surface area contributed by atoms with Crippen LogP contribution in [0.5, 0.6) is 0 Å². The van der Waals surface area contributed by atoms with Gasteiger partial charge in [0.05, 0.1) is 9.58 Å². The number of hydrogen-bond acceptors (Lipinski definition) is 6. The molecule has 2 fully saturated rings. The molecule has 1 atom stereocenters. The number of piperidine rings is 1. The Bertz CT molecular complexity index is 1260. The molecule has 6 rings (SSSR count). The molecule has 0 bridgehead atoms. The monoisotopic (exact) mass is 476 g/mol. The maximum absolute atomic E-state index is 13.4. The molecule has 1 amide bonds. The minimum absolute atomic E-state index is 0.220. The number of anilines is 1. The highest BCUT2D eigenvalue weighted by Crippen LogP contribution is 2.39. The van der Waals surface area contributed by atoms with Gasteiger partial charge in [-0.25, -0.2) is 4.98 Å². The maximum Gasteiger partial charge on any atom is 0.264 e. The molecule has 5 heterocycles. The Morgan fingerprint density at radius 3 is 2.67 bits per heavy atom. The van der Waals surface area contributed by atoms with Gasteiger partial charge in [-0.1, -0.05) is 24.3 Å². The number of pyridine rings is 1. The Kier molecular flexibility index (Phi) is 5.78. The maximum atomic E-state index is 13.4. The van der Waals surface area contributed by atoms with Crippen molar-refractivity contribution in [1.29, 1.82) is 0 Å². The predicted octanol–water partition coefficient (Wildman–Crippen LogP) is 5.19. The number of hydrogen-bond donors (Lipinski definition) is 0. The van der Waals surface area contributed by atoms with Gasteiger partial charge in [0.2, 0.25) is 0 Å². The number of nitrogens with zero attached hydrogens (tertiary/aromatic N) is 4. The topological polar surface area (TPSA) is 39.7 Å². The van der Waals surface area contributed by atoms with Gasteiger partial charge in [-0.3, -0.25) is 9.69 Å². The summed E-state index contributed by atoms with van der Waals surface area (Å²) in [5, 5.41) is 1.28. The fourth-order valence-corrected chi connectivity index (χ4v) is 7.72. The van der Waals surface area contributed by atoms with E-state index >= 15 is 0 Å². The van der Waals surface area contributed by atoms with E-state index < -0.39 is 0 Å². The Balaban J connectivity index is 1.08. The zero-order valence-electron chi connectivity index (χ0n) is 18.7. The molecule has 1 aromatic carbocycles. The Labute approximate surface area is 202 Å². The van der Waals surface area contributed by atoms with E-state index in [0.29, 0.717) is 5.92 Å². The van der Waals surface area contributed by atoms with E-state index in [1.165, 1.54) is 25.9 Å².